The number of benzene rings is 2. The molecule has 0 bridgehead atoms. The molecule has 0 radical (unpaired) electrons. The van der Waals surface area contributed by atoms with E-state index < -0.39 is 0 Å². The van der Waals surface area contributed by atoms with Crippen LogP contribution in [0, 0.1) is 22.4 Å². The Kier molecular flexibility index (Phi) is 18.4. The van der Waals surface area contributed by atoms with Crippen molar-refractivity contribution >= 4 is 5.84 Å². The van der Waals surface area contributed by atoms with Crippen LogP contribution in [0.15, 0.2) is 53.5 Å². The maximum atomic E-state index is 6.67. The van der Waals surface area contributed by atoms with Crippen molar-refractivity contribution in [1.82, 2.24) is 4.90 Å². The molecule has 0 aromatic heterocycles. The molecule has 0 aliphatic carbocycles. The molecule has 7 heteroatoms. The van der Waals surface area contributed by atoms with Gasteiger partial charge in [-0.2, -0.15) is 0 Å². The predicted molar refractivity (Wildman–Crippen MR) is 177 cm³/mol. The van der Waals surface area contributed by atoms with Gasteiger partial charge in [-0.25, -0.2) is 11.1 Å². The Bertz CT molecular complexity index is 1000. The van der Waals surface area contributed by atoms with Crippen LogP contribution in [0.1, 0.15) is 103 Å². The summed E-state index contributed by atoms with van der Waals surface area (Å²) in [5.41, 5.74) is 19.4. The van der Waals surface area contributed by atoms with E-state index in [2.05, 4.69) is 69.9 Å². The number of likely N-dealkylation sites (tertiary alicyclic amines) is 1. The molecule has 0 spiro atoms. The van der Waals surface area contributed by atoms with Crippen molar-refractivity contribution in [1.29, 1.82) is 11.1 Å². The minimum atomic E-state index is -0.123. The molecule has 2 aromatic rings. The topological polar surface area (TPSA) is 108 Å². The van der Waals surface area contributed by atoms with Crippen LogP contribution in [-0.2, 0) is 6.42 Å². The summed E-state index contributed by atoms with van der Waals surface area (Å²) in [6.07, 6.45) is 11.5. The molecule has 42 heavy (non-hydrogen) atoms. The Morgan fingerprint density at radius 1 is 0.952 bits per heavy atom. The first-order valence-electron chi connectivity index (χ1n) is 15.8. The number of amidine groups is 1. The number of rotatable bonds is 14. The van der Waals surface area contributed by atoms with Gasteiger partial charge in [0.25, 0.3) is 0 Å². The summed E-state index contributed by atoms with van der Waals surface area (Å²) in [5, 5.41) is 0. The Morgan fingerprint density at radius 3 is 2.17 bits per heavy atom. The molecule has 1 saturated heterocycles. The SMILES string of the molecule is CCC1(C)CCN(C(C(N)=NCCc2ccccc2)c2cccc(OC)c2OC)CC1.CCCCCCC(C)C.N=N. The van der Waals surface area contributed by atoms with Crippen LogP contribution in [0.25, 0.3) is 0 Å². The quantitative estimate of drug-likeness (QED) is 0.0895. The van der Waals surface area contributed by atoms with Crippen LogP contribution in [0.5, 0.6) is 11.5 Å². The fourth-order valence-electron chi connectivity index (χ4n) is 5.37. The molecular weight excluding hydrogens is 522 g/mol. The van der Waals surface area contributed by atoms with E-state index in [0.717, 1.165) is 55.3 Å². The highest BCUT2D eigenvalue weighted by Crippen LogP contribution is 2.41. The van der Waals surface area contributed by atoms with E-state index in [-0.39, 0.29) is 6.04 Å². The summed E-state index contributed by atoms with van der Waals surface area (Å²) in [4.78, 5) is 7.27. The highest BCUT2D eigenvalue weighted by atomic mass is 16.5. The van der Waals surface area contributed by atoms with Crippen molar-refractivity contribution in [3.05, 3.63) is 59.7 Å². The van der Waals surface area contributed by atoms with E-state index in [4.69, 9.17) is 31.3 Å². The zero-order chi connectivity index (χ0) is 31.4. The highest BCUT2D eigenvalue weighted by molar-refractivity contribution is 5.88. The van der Waals surface area contributed by atoms with Gasteiger partial charge in [-0.1, -0.05) is 116 Å². The summed E-state index contributed by atoms with van der Waals surface area (Å²) in [7, 11) is 3.35. The molecule has 3 rings (SSSR count). The number of nitrogens with zero attached hydrogens (tertiary/aromatic N) is 2. The normalized spacial score (nSPS) is 15.6. The maximum absolute atomic E-state index is 6.67. The molecule has 1 aliphatic heterocycles. The van der Waals surface area contributed by atoms with E-state index >= 15 is 0 Å². The lowest BCUT2D eigenvalue weighted by Gasteiger charge is -2.42. The van der Waals surface area contributed by atoms with E-state index in [1.54, 1.807) is 14.2 Å². The van der Waals surface area contributed by atoms with Crippen molar-refractivity contribution in [2.24, 2.45) is 22.1 Å². The van der Waals surface area contributed by atoms with E-state index in [0.29, 0.717) is 17.8 Å². The number of para-hydroxylation sites is 1. The average molecular weight is 582 g/mol. The van der Waals surface area contributed by atoms with Gasteiger partial charge in [-0.15, -0.1) is 0 Å². The van der Waals surface area contributed by atoms with Crippen molar-refractivity contribution < 1.29 is 9.47 Å². The Labute approximate surface area is 256 Å². The summed E-state index contributed by atoms with van der Waals surface area (Å²) < 4.78 is 11.3. The molecule has 1 fully saturated rings. The molecule has 2 aromatic carbocycles. The Balaban J connectivity index is 0.000000686. The third-order valence-electron chi connectivity index (χ3n) is 8.40. The monoisotopic (exact) mass is 581 g/mol. The lowest BCUT2D eigenvalue weighted by atomic mass is 9.77. The summed E-state index contributed by atoms with van der Waals surface area (Å²) in [5.74, 6) is 3.00. The zero-order valence-corrected chi connectivity index (χ0v) is 27.5. The summed E-state index contributed by atoms with van der Waals surface area (Å²) in [6.45, 7) is 14.2. The molecule has 4 N–H and O–H groups in total. The number of unbranched alkanes of at least 4 members (excludes halogenated alkanes) is 3. The van der Waals surface area contributed by atoms with Crippen molar-refractivity contribution in [2.75, 3.05) is 33.9 Å². The summed E-state index contributed by atoms with van der Waals surface area (Å²) >= 11 is 0. The predicted octanol–water partition coefficient (Wildman–Crippen LogP) is 9.07. The van der Waals surface area contributed by atoms with Gasteiger partial charge in [-0.3, -0.25) is 9.89 Å². The first-order chi connectivity index (χ1) is 20.3. The average Bonchev–Trinajstić information content (AvgIpc) is 3.02. The van der Waals surface area contributed by atoms with Gasteiger partial charge in [0, 0.05) is 12.1 Å². The fraction of sp³-hybridized carbons (Fsp3) is 0.629. The fourth-order valence-corrected chi connectivity index (χ4v) is 5.37. The number of aliphatic imine (C=N–C) groups is 1. The van der Waals surface area contributed by atoms with Gasteiger partial charge in [-0.05, 0) is 55.3 Å². The van der Waals surface area contributed by atoms with Gasteiger partial charge in [0.1, 0.15) is 5.84 Å². The first kappa shape index (κ1) is 37.1. The molecule has 1 heterocycles. The van der Waals surface area contributed by atoms with Gasteiger partial charge in [0.05, 0.1) is 20.3 Å². The number of nitrogens with one attached hydrogen (secondary N) is 2. The van der Waals surface area contributed by atoms with Crippen molar-refractivity contribution in [2.45, 2.75) is 98.4 Å². The van der Waals surface area contributed by atoms with E-state index in [1.165, 1.54) is 44.1 Å². The third-order valence-corrected chi connectivity index (χ3v) is 8.40. The minimum absolute atomic E-state index is 0.123. The maximum Gasteiger partial charge on any atom is 0.165 e. The molecule has 0 saturated carbocycles. The van der Waals surface area contributed by atoms with Crippen LogP contribution in [0.2, 0.25) is 0 Å². The second-order valence-electron chi connectivity index (χ2n) is 12.0. The van der Waals surface area contributed by atoms with Gasteiger partial charge < -0.3 is 15.2 Å². The second kappa shape index (κ2) is 20.9. The summed E-state index contributed by atoms with van der Waals surface area (Å²) in [6, 6.07) is 16.3. The van der Waals surface area contributed by atoms with Crippen molar-refractivity contribution in [3.63, 3.8) is 0 Å². The van der Waals surface area contributed by atoms with Gasteiger partial charge in [0.2, 0.25) is 0 Å². The lowest BCUT2D eigenvalue weighted by molar-refractivity contribution is 0.0992. The first-order valence-corrected chi connectivity index (χ1v) is 15.8. The van der Waals surface area contributed by atoms with Crippen LogP contribution in [0.4, 0.5) is 0 Å². The van der Waals surface area contributed by atoms with Crippen molar-refractivity contribution in [3.8, 4) is 11.5 Å². The molecule has 1 aliphatic rings. The molecule has 1 atom stereocenters. The number of hydrogen-bond acceptors (Lipinski definition) is 6. The van der Waals surface area contributed by atoms with E-state index in [9.17, 15) is 0 Å². The minimum Gasteiger partial charge on any atom is -0.493 e. The zero-order valence-electron chi connectivity index (χ0n) is 27.5. The third kappa shape index (κ3) is 12.5. The number of hydrogen-bond donors (Lipinski definition) is 3. The van der Waals surface area contributed by atoms with Crippen LogP contribution >= 0.6 is 0 Å². The van der Waals surface area contributed by atoms with Gasteiger partial charge in [0.15, 0.2) is 11.5 Å². The molecule has 1 unspecified atom stereocenters. The van der Waals surface area contributed by atoms with E-state index in [1.807, 2.05) is 18.2 Å². The number of piperidine rings is 1. The number of nitrogens with two attached hydrogens (primary N) is 1. The standard InChI is InChI=1S/C26H37N3O2.C9H20.H2N2/c1-5-26(2)15-18-29(19-16-26)23(21-12-9-13-22(30-3)24(21)31-4)25(27)28-17-14-20-10-7-6-8-11-20;1-4-5-6-7-8-9(2)3;1-2/h6-13,23H,5,14-19H2,1-4H3,(H2,27,28);9H,4-8H2,1-3H3;1-2H. The molecular formula is C35H59N5O2. The Hall–Kier alpha value is -2.93. The molecule has 236 valence electrons. The lowest BCUT2D eigenvalue weighted by Crippen LogP contribution is -2.45. The Morgan fingerprint density at radius 2 is 1.62 bits per heavy atom. The smallest absolute Gasteiger partial charge is 0.165 e. The molecule has 0 amide bonds. The highest BCUT2D eigenvalue weighted by Gasteiger charge is 2.35. The molecule has 7 nitrogen and oxygen atoms in total. The second-order valence-corrected chi connectivity index (χ2v) is 12.0. The number of methoxy groups -OCH3 is 2. The largest absolute Gasteiger partial charge is 0.493 e. The van der Waals surface area contributed by atoms with Crippen LogP contribution in [0.3, 0.4) is 0 Å². The van der Waals surface area contributed by atoms with Gasteiger partial charge >= 0.3 is 0 Å². The van der Waals surface area contributed by atoms with Crippen LogP contribution in [-0.4, -0.2) is 44.6 Å². The van der Waals surface area contributed by atoms with Crippen LogP contribution < -0.4 is 15.2 Å². The number of ether oxygens (including phenoxy) is 2.